The Bertz CT molecular complexity index is 3670. The number of hydrogen-bond donors (Lipinski definition) is 0. The SMILES string of the molecule is CCN(CC)CC(=O)N(C)c1ccc(Sc2ccccc2)cc1.CCN(CC)CC(=O)N(C)c1ccc(Sc2ccccc2)cc1.CCN(CC)CC(=O)N(C)c1ccc(Sc2ccccc2)cc1.CCN(CC)CC(=O)N(C)c1ccc(Sc2ccccc2)cc1.O.O=C([O-])C(=O)[O-].O=C([O-])C(=O)[O-].O=C([O-])C(=O)[O-].O=C([O-])C(=O)[O-]. The van der Waals surface area contributed by atoms with Crippen molar-refractivity contribution in [2.24, 2.45) is 0 Å². The van der Waals surface area contributed by atoms with E-state index >= 15 is 0 Å². The number of amides is 4. The quantitative estimate of drug-likeness (QED) is 0.0630. The van der Waals surface area contributed by atoms with Crippen molar-refractivity contribution < 1.29 is 104 Å². The van der Waals surface area contributed by atoms with Crippen LogP contribution in [0.4, 0.5) is 22.7 Å². The van der Waals surface area contributed by atoms with Crippen molar-refractivity contribution in [3.05, 3.63) is 218 Å². The highest BCUT2D eigenvalue weighted by Crippen LogP contribution is 2.33. The fourth-order valence-corrected chi connectivity index (χ4v) is 12.4. The Kier molecular flexibility index (Phi) is 54.3. The van der Waals surface area contributed by atoms with E-state index in [2.05, 4.69) is 172 Å². The molecule has 4 amide bonds. The number of carboxylic acids is 8. The van der Waals surface area contributed by atoms with Gasteiger partial charge in [-0.15, -0.1) is 0 Å². The van der Waals surface area contributed by atoms with Crippen molar-refractivity contribution in [2.45, 2.75) is 94.6 Å². The Morgan fingerprint density at radius 3 is 0.444 bits per heavy atom. The van der Waals surface area contributed by atoms with Crippen molar-refractivity contribution in [2.75, 3.05) is 126 Å². The molecule has 2 N–H and O–H groups in total. The molecule has 8 aromatic carbocycles. The minimum atomic E-state index is -2.19. The summed E-state index contributed by atoms with van der Waals surface area (Å²) < 4.78 is 0. The number of carbonyl (C=O) groups is 12. The zero-order valence-electron chi connectivity index (χ0n) is 67.1. The van der Waals surface area contributed by atoms with Crippen molar-refractivity contribution in [3.8, 4) is 0 Å². The van der Waals surface area contributed by atoms with Crippen molar-refractivity contribution in [1.82, 2.24) is 19.6 Å². The molecular weight excluding hydrogens is 1590 g/mol. The average molecular weight is 1680 g/mol. The summed E-state index contributed by atoms with van der Waals surface area (Å²) in [6.45, 7) is 25.6. The number of likely N-dealkylation sites (N-methyl/N-ethyl adjacent to an activating group) is 8. The lowest BCUT2D eigenvalue weighted by atomic mass is 10.3. The van der Waals surface area contributed by atoms with E-state index in [0.717, 1.165) is 75.1 Å². The third-order valence-electron chi connectivity index (χ3n) is 16.0. The second-order valence-electron chi connectivity index (χ2n) is 23.6. The molecule has 0 atom stereocenters. The van der Waals surface area contributed by atoms with Crippen LogP contribution < -0.4 is 60.5 Å². The minimum Gasteiger partial charge on any atom is -0.543 e. The lowest BCUT2D eigenvalue weighted by Gasteiger charge is -2.23. The summed E-state index contributed by atoms with van der Waals surface area (Å²) in [4.78, 5) is 146. The second-order valence-corrected chi connectivity index (χ2v) is 28.2. The first-order valence-corrected chi connectivity index (χ1v) is 39.4. The van der Waals surface area contributed by atoms with Crippen molar-refractivity contribution in [3.63, 3.8) is 0 Å². The summed E-state index contributed by atoms with van der Waals surface area (Å²) in [5.74, 6) is -17.0. The summed E-state index contributed by atoms with van der Waals surface area (Å²) >= 11 is 6.89. The number of hydrogen-bond acceptors (Lipinski definition) is 28. The van der Waals surface area contributed by atoms with E-state index < -0.39 is 47.8 Å². The van der Waals surface area contributed by atoms with Crippen LogP contribution in [0.2, 0.25) is 0 Å². The van der Waals surface area contributed by atoms with Crippen LogP contribution in [0.1, 0.15) is 55.4 Å². The molecule has 8 aromatic rings. The Hall–Kier alpha value is -11.4. The number of nitrogens with zero attached hydrogens (tertiary/aromatic N) is 8. The molecular formula is C84H98N8O21S4-8. The molecule has 117 heavy (non-hydrogen) atoms. The lowest BCUT2D eigenvalue weighted by molar-refractivity contribution is -0.345. The van der Waals surface area contributed by atoms with Gasteiger partial charge in [0.1, 0.15) is 0 Å². The highest BCUT2D eigenvalue weighted by atomic mass is 32.2. The summed E-state index contributed by atoms with van der Waals surface area (Å²) in [5.41, 5.74) is 3.72. The average Bonchev–Trinajstić information content (AvgIpc) is 0.872. The van der Waals surface area contributed by atoms with Gasteiger partial charge in [-0.25, -0.2) is 0 Å². The Labute approximate surface area is 699 Å². The van der Waals surface area contributed by atoms with E-state index in [0.29, 0.717) is 26.2 Å². The zero-order chi connectivity index (χ0) is 87.2. The molecule has 0 unspecified atom stereocenters. The van der Waals surface area contributed by atoms with Crippen LogP contribution in [0.3, 0.4) is 0 Å². The van der Waals surface area contributed by atoms with Gasteiger partial charge in [0.05, 0.1) is 73.9 Å². The smallest absolute Gasteiger partial charge is 0.240 e. The highest BCUT2D eigenvalue weighted by Gasteiger charge is 2.18. The summed E-state index contributed by atoms with van der Waals surface area (Å²) in [6, 6.07) is 73.7. The van der Waals surface area contributed by atoms with Crippen LogP contribution in [0.5, 0.6) is 0 Å². The molecule has 0 aliphatic heterocycles. The maximum absolute atomic E-state index is 12.3. The molecule has 29 nitrogen and oxygen atoms in total. The van der Waals surface area contributed by atoms with E-state index in [1.54, 1.807) is 66.6 Å². The number of carbonyl (C=O) groups excluding carboxylic acids is 12. The molecule has 0 saturated heterocycles. The molecule has 0 aliphatic rings. The molecule has 0 spiro atoms. The minimum absolute atomic E-state index is 0. The molecule has 0 radical (unpaired) electrons. The molecule has 0 saturated carbocycles. The predicted octanol–water partition coefficient (Wildman–Crippen LogP) is 1.69. The fourth-order valence-electron chi connectivity index (χ4n) is 9.00. The van der Waals surface area contributed by atoms with Gasteiger partial charge >= 0.3 is 0 Å². The van der Waals surface area contributed by atoms with E-state index in [9.17, 15) is 19.2 Å². The molecule has 33 heteroatoms. The first-order valence-electron chi connectivity index (χ1n) is 36.1. The predicted molar refractivity (Wildman–Crippen MR) is 436 cm³/mol. The molecule has 0 aromatic heterocycles. The maximum Gasteiger partial charge on any atom is 0.240 e. The Morgan fingerprint density at radius 2 is 0.333 bits per heavy atom. The fraction of sp³-hybridized carbons (Fsp3) is 0.286. The van der Waals surface area contributed by atoms with Gasteiger partial charge in [0, 0.05) is 90.1 Å². The number of benzene rings is 8. The first kappa shape index (κ1) is 106. The van der Waals surface area contributed by atoms with Crippen LogP contribution in [0.25, 0.3) is 0 Å². The standard InChI is InChI=1S/4C19H24N2OS.4C2H2O4.H2O/c4*1-4-21(5-2)15-19(22)20(3)16-11-13-18(14-12-16)23-17-9-7-6-8-10-17;4*3-1(4)2(5)6;/h4*6-14H,4-5,15H2,1-3H3;4*(H,3,4)(H,5,6);1H2/p-8. The van der Waals surface area contributed by atoms with E-state index in [1.165, 1.54) is 39.2 Å². The summed E-state index contributed by atoms with van der Waals surface area (Å²) in [6.07, 6.45) is 0. The van der Waals surface area contributed by atoms with Crippen LogP contribution in [-0.2, 0) is 57.5 Å². The largest absolute Gasteiger partial charge is 0.543 e. The summed E-state index contributed by atoms with van der Waals surface area (Å²) in [5, 5.41) is 71.4. The van der Waals surface area contributed by atoms with Crippen LogP contribution in [0.15, 0.2) is 258 Å². The van der Waals surface area contributed by atoms with Crippen LogP contribution >= 0.6 is 47.0 Å². The summed E-state index contributed by atoms with van der Waals surface area (Å²) in [7, 11) is 7.35. The van der Waals surface area contributed by atoms with Gasteiger partial charge in [0.25, 0.3) is 0 Å². The van der Waals surface area contributed by atoms with Gasteiger partial charge in [-0.1, -0.05) is 175 Å². The molecule has 0 fully saturated rings. The monoisotopic (exact) mass is 1680 g/mol. The molecule has 0 aliphatic carbocycles. The third kappa shape index (κ3) is 44.9. The lowest BCUT2D eigenvalue weighted by Crippen LogP contribution is -2.42. The molecule has 0 bridgehead atoms. The highest BCUT2D eigenvalue weighted by molar-refractivity contribution is 8.00. The van der Waals surface area contributed by atoms with Crippen LogP contribution in [-0.4, -0.2) is 203 Å². The van der Waals surface area contributed by atoms with Crippen LogP contribution in [0, 0.1) is 0 Å². The molecule has 0 heterocycles. The van der Waals surface area contributed by atoms with Gasteiger partial charge in [-0.05, 0) is 198 Å². The van der Waals surface area contributed by atoms with Gasteiger partial charge in [-0.3, -0.25) is 38.8 Å². The van der Waals surface area contributed by atoms with Gasteiger partial charge in [0.15, 0.2) is 0 Å². The number of rotatable bonds is 28. The zero-order valence-corrected chi connectivity index (χ0v) is 70.4. The second kappa shape index (κ2) is 60.2. The Balaban J connectivity index is 0.00000139. The molecule has 8 rings (SSSR count). The van der Waals surface area contributed by atoms with Crippen molar-refractivity contribution >= 4 is 141 Å². The third-order valence-corrected chi connectivity index (χ3v) is 20.1. The first-order chi connectivity index (χ1) is 55.1. The number of carboxylic acid groups (broad SMARTS) is 8. The number of aliphatic carboxylic acids is 8. The molecule has 632 valence electrons. The maximum atomic E-state index is 12.3. The van der Waals surface area contributed by atoms with Crippen molar-refractivity contribution in [1.29, 1.82) is 0 Å². The topological polar surface area (TPSA) is 447 Å². The van der Waals surface area contributed by atoms with E-state index in [4.69, 9.17) is 79.2 Å². The van der Waals surface area contributed by atoms with E-state index in [1.807, 2.05) is 150 Å². The Morgan fingerprint density at radius 1 is 0.214 bits per heavy atom. The van der Waals surface area contributed by atoms with E-state index in [-0.39, 0.29) is 29.1 Å². The number of anilines is 4. The van der Waals surface area contributed by atoms with Gasteiger partial charge in [0.2, 0.25) is 23.6 Å². The van der Waals surface area contributed by atoms with Gasteiger partial charge < -0.3 is 104 Å². The normalized spacial score (nSPS) is 9.98. The van der Waals surface area contributed by atoms with Gasteiger partial charge in [-0.2, -0.15) is 0 Å².